The fourth-order valence-electron chi connectivity index (χ4n) is 1.59. The van der Waals surface area contributed by atoms with E-state index in [-0.39, 0.29) is 0 Å². The van der Waals surface area contributed by atoms with Crippen LogP contribution in [-0.4, -0.2) is 25.1 Å². The molecule has 1 rings (SSSR count). The van der Waals surface area contributed by atoms with Crippen LogP contribution < -0.4 is 10.2 Å². The van der Waals surface area contributed by atoms with Crippen molar-refractivity contribution in [1.82, 2.24) is 10.3 Å². The zero-order chi connectivity index (χ0) is 13.5. The largest absolute Gasteiger partial charge is 0.356 e. The Hall–Kier alpha value is -1.06. The quantitative estimate of drug-likeness (QED) is 0.770. The third-order valence-electron chi connectivity index (χ3n) is 2.58. The summed E-state index contributed by atoms with van der Waals surface area (Å²) in [6.07, 6.45) is 3.57. The molecule has 0 aliphatic rings. The number of likely N-dealkylation sites (N-methyl/N-ethyl adjacent to an activating group) is 1. The van der Waals surface area contributed by atoms with E-state index < -0.39 is 0 Å². The van der Waals surface area contributed by atoms with E-state index in [2.05, 4.69) is 30.7 Å². The van der Waals surface area contributed by atoms with Crippen molar-refractivity contribution in [2.24, 2.45) is 5.92 Å². The van der Waals surface area contributed by atoms with Gasteiger partial charge in [0, 0.05) is 26.3 Å². The standard InChI is InChI=1S/C14H22ClN3/c1-5-6-18(4)14-7-12(13(15)10-17-14)9-16-8-11(2)3/h5,7,10-11,16H,1,6,8-9H2,2-4H3. The van der Waals surface area contributed by atoms with Gasteiger partial charge in [0.2, 0.25) is 0 Å². The summed E-state index contributed by atoms with van der Waals surface area (Å²) >= 11 is 6.15. The molecular weight excluding hydrogens is 246 g/mol. The van der Waals surface area contributed by atoms with Crippen molar-refractivity contribution < 1.29 is 0 Å². The first-order valence-corrected chi connectivity index (χ1v) is 6.59. The van der Waals surface area contributed by atoms with Crippen LogP contribution in [0.2, 0.25) is 5.02 Å². The lowest BCUT2D eigenvalue weighted by molar-refractivity contribution is 0.552. The summed E-state index contributed by atoms with van der Waals surface area (Å²) in [5.41, 5.74) is 1.08. The van der Waals surface area contributed by atoms with Crippen LogP contribution in [-0.2, 0) is 6.54 Å². The Labute approximate surface area is 115 Å². The molecule has 0 aliphatic heterocycles. The Morgan fingerprint density at radius 2 is 2.28 bits per heavy atom. The summed E-state index contributed by atoms with van der Waals surface area (Å²) in [5, 5.41) is 4.10. The average molecular weight is 268 g/mol. The van der Waals surface area contributed by atoms with Gasteiger partial charge in [-0.3, -0.25) is 0 Å². The third-order valence-corrected chi connectivity index (χ3v) is 2.92. The number of aromatic nitrogens is 1. The Bertz CT molecular complexity index is 391. The molecule has 4 heteroatoms. The van der Waals surface area contributed by atoms with Gasteiger partial charge in [-0.15, -0.1) is 6.58 Å². The van der Waals surface area contributed by atoms with Gasteiger partial charge >= 0.3 is 0 Å². The average Bonchev–Trinajstić information content (AvgIpc) is 2.31. The minimum atomic E-state index is 0.633. The number of nitrogens with one attached hydrogen (secondary N) is 1. The molecular formula is C14H22ClN3. The number of rotatable bonds is 7. The lowest BCUT2D eigenvalue weighted by atomic mass is 10.2. The lowest BCUT2D eigenvalue weighted by Crippen LogP contribution is -2.21. The minimum absolute atomic E-state index is 0.633. The molecule has 0 bridgehead atoms. The topological polar surface area (TPSA) is 28.2 Å². The molecule has 0 saturated carbocycles. The first kappa shape index (κ1) is 15.0. The number of nitrogens with zero attached hydrogens (tertiary/aromatic N) is 2. The molecule has 1 N–H and O–H groups in total. The van der Waals surface area contributed by atoms with E-state index in [4.69, 9.17) is 11.6 Å². The zero-order valence-electron chi connectivity index (χ0n) is 11.4. The number of pyridine rings is 1. The summed E-state index contributed by atoms with van der Waals surface area (Å²) < 4.78 is 0. The normalized spacial score (nSPS) is 10.7. The molecule has 18 heavy (non-hydrogen) atoms. The molecule has 0 atom stereocenters. The minimum Gasteiger partial charge on any atom is -0.356 e. The monoisotopic (exact) mass is 267 g/mol. The first-order chi connectivity index (χ1) is 8.54. The molecule has 3 nitrogen and oxygen atoms in total. The van der Waals surface area contributed by atoms with Crippen molar-refractivity contribution >= 4 is 17.4 Å². The lowest BCUT2D eigenvalue weighted by Gasteiger charge is -2.17. The van der Waals surface area contributed by atoms with Crippen LogP contribution in [0.4, 0.5) is 5.82 Å². The van der Waals surface area contributed by atoms with Gasteiger partial charge in [0.25, 0.3) is 0 Å². The maximum atomic E-state index is 6.15. The van der Waals surface area contributed by atoms with Gasteiger partial charge in [-0.05, 0) is 24.1 Å². The van der Waals surface area contributed by atoms with Gasteiger partial charge in [0.05, 0.1) is 5.02 Å². The second-order valence-corrected chi connectivity index (χ2v) is 5.24. The van der Waals surface area contributed by atoms with Crippen molar-refractivity contribution in [2.45, 2.75) is 20.4 Å². The van der Waals surface area contributed by atoms with Gasteiger partial charge < -0.3 is 10.2 Å². The van der Waals surface area contributed by atoms with Crippen LogP contribution in [0, 0.1) is 5.92 Å². The van der Waals surface area contributed by atoms with Gasteiger partial charge in [-0.25, -0.2) is 4.98 Å². The molecule has 1 aromatic rings. The number of halogens is 1. The Balaban J connectivity index is 2.71. The fourth-order valence-corrected chi connectivity index (χ4v) is 1.76. The maximum Gasteiger partial charge on any atom is 0.128 e. The van der Waals surface area contributed by atoms with Crippen LogP contribution >= 0.6 is 11.6 Å². The fraction of sp³-hybridized carbons (Fsp3) is 0.500. The van der Waals surface area contributed by atoms with Crippen LogP contribution in [0.3, 0.4) is 0 Å². The summed E-state index contributed by atoms with van der Waals surface area (Å²) in [5.74, 6) is 1.55. The Kier molecular flexibility index (Phi) is 6.16. The van der Waals surface area contributed by atoms with Crippen LogP contribution in [0.5, 0.6) is 0 Å². The summed E-state index contributed by atoms with van der Waals surface area (Å²) in [6, 6.07) is 2.03. The summed E-state index contributed by atoms with van der Waals surface area (Å²) in [4.78, 5) is 6.36. The first-order valence-electron chi connectivity index (χ1n) is 6.21. The van der Waals surface area contributed by atoms with Crippen molar-refractivity contribution in [3.63, 3.8) is 0 Å². The third kappa shape index (κ3) is 4.67. The molecule has 0 aromatic carbocycles. The second kappa shape index (κ2) is 7.39. The molecule has 0 radical (unpaired) electrons. The molecule has 0 unspecified atom stereocenters. The van der Waals surface area contributed by atoms with E-state index in [0.717, 1.165) is 31.0 Å². The highest BCUT2D eigenvalue weighted by Gasteiger charge is 2.06. The molecule has 0 amide bonds. The van der Waals surface area contributed by atoms with Crippen LogP contribution in [0.15, 0.2) is 24.9 Å². The number of hydrogen-bond donors (Lipinski definition) is 1. The molecule has 100 valence electrons. The van der Waals surface area contributed by atoms with E-state index in [1.807, 2.05) is 24.1 Å². The van der Waals surface area contributed by atoms with Crippen molar-refractivity contribution in [1.29, 1.82) is 0 Å². The van der Waals surface area contributed by atoms with Crippen LogP contribution in [0.25, 0.3) is 0 Å². The molecule has 1 heterocycles. The van der Waals surface area contributed by atoms with Gasteiger partial charge in [0.1, 0.15) is 5.82 Å². The van der Waals surface area contributed by atoms with Crippen molar-refractivity contribution in [3.05, 3.63) is 35.5 Å². The molecule has 0 spiro atoms. The van der Waals surface area contributed by atoms with Gasteiger partial charge in [-0.1, -0.05) is 31.5 Å². The number of hydrogen-bond acceptors (Lipinski definition) is 3. The number of anilines is 1. The van der Waals surface area contributed by atoms with E-state index in [1.54, 1.807) is 6.20 Å². The Morgan fingerprint density at radius 3 is 2.89 bits per heavy atom. The Morgan fingerprint density at radius 1 is 1.56 bits per heavy atom. The van der Waals surface area contributed by atoms with E-state index >= 15 is 0 Å². The highest BCUT2D eigenvalue weighted by Crippen LogP contribution is 2.19. The molecule has 0 saturated heterocycles. The van der Waals surface area contributed by atoms with Crippen molar-refractivity contribution in [3.8, 4) is 0 Å². The van der Waals surface area contributed by atoms with E-state index in [1.165, 1.54) is 0 Å². The highest BCUT2D eigenvalue weighted by molar-refractivity contribution is 6.31. The predicted octanol–water partition coefficient (Wildman–Crippen LogP) is 3.10. The molecule has 0 aliphatic carbocycles. The van der Waals surface area contributed by atoms with Crippen LogP contribution in [0.1, 0.15) is 19.4 Å². The predicted molar refractivity (Wildman–Crippen MR) is 79.3 cm³/mol. The smallest absolute Gasteiger partial charge is 0.128 e. The maximum absolute atomic E-state index is 6.15. The zero-order valence-corrected chi connectivity index (χ0v) is 12.2. The van der Waals surface area contributed by atoms with Crippen molar-refractivity contribution in [2.75, 3.05) is 25.0 Å². The van der Waals surface area contributed by atoms with Gasteiger partial charge in [-0.2, -0.15) is 0 Å². The second-order valence-electron chi connectivity index (χ2n) is 4.83. The van der Waals surface area contributed by atoms with E-state index in [0.29, 0.717) is 10.9 Å². The highest BCUT2D eigenvalue weighted by atomic mass is 35.5. The SMILES string of the molecule is C=CCN(C)c1cc(CNCC(C)C)c(Cl)cn1. The molecule has 0 fully saturated rings. The molecule has 1 aromatic heterocycles. The summed E-state index contributed by atoms with van der Waals surface area (Å²) in [7, 11) is 1.99. The summed E-state index contributed by atoms with van der Waals surface area (Å²) in [6.45, 7) is 10.6. The van der Waals surface area contributed by atoms with Gasteiger partial charge in [0.15, 0.2) is 0 Å². The van der Waals surface area contributed by atoms with E-state index in [9.17, 15) is 0 Å².